The molecule has 2 saturated heterocycles. The predicted octanol–water partition coefficient (Wildman–Crippen LogP) is 0.713. The fraction of sp³-hybridized carbons (Fsp3) is 0.500. The van der Waals surface area contributed by atoms with Gasteiger partial charge in [0.05, 0.1) is 23.2 Å². The molecule has 29 heavy (non-hydrogen) atoms. The highest BCUT2D eigenvalue weighted by Gasteiger charge is 2.36. The number of fused-ring (bicyclic) bond motifs is 1. The molecule has 4 rings (SSSR count). The number of nitrogens with two attached hydrogens (primary N) is 1. The number of benzene rings is 1. The highest BCUT2D eigenvalue weighted by Crippen LogP contribution is 2.24. The van der Waals surface area contributed by atoms with Gasteiger partial charge in [0, 0.05) is 31.1 Å². The zero-order valence-corrected chi connectivity index (χ0v) is 17.0. The van der Waals surface area contributed by atoms with Gasteiger partial charge in [-0.1, -0.05) is 11.6 Å². The summed E-state index contributed by atoms with van der Waals surface area (Å²) in [6.07, 6.45) is 5.86. The third-order valence-corrected chi connectivity index (χ3v) is 6.22. The van der Waals surface area contributed by atoms with E-state index >= 15 is 0 Å². The van der Waals surface area contributed by atoms with Gasteiger partial charge in [0.1, 0.15) is 6.04 Å². The van der Waals surface area contributed by atoms with Crippen molar-refractivity contribution < 1.29 is 9.59 Å². The molecule has 155 valence electrons. The van der Waals surface area contributed by atoms with Crippen molar-refractivity contribution in [2.75, 3.05) is 32.7 Å². The smallest absolute Gasteiger partial charge is 0.241 e. The molecular weight excluding hydrogens is 392 g/mol. The Morgan fingerprint density at radius 3 is 2.83 bits per heavy atom. The van der Waals surface area contributed by atoms with Crippen molar-refractivity contribution in [2.24, 2.45) is 5.73 Å². The fourth-order valence-corrected chi connectivity index (χ4v) is 4.62. The SMILES string of the molecule is NC(=O)C1CN(C2CCNCC2)CCN1C(=O)[CH]Cc1cc(Cl)c2[nH]ncc2c1. The second-order valence-corrected chi connectivity index (χ2v) is 8.15. The first kappa shape index (κ1) is 20.1. The van der Waals surface area contributed by atoms with Crippen molar-refractivity contribution in [1.82, 2.24) is 25.3 Å². The van der Waals surface area contributed by atoms with Gasteiger partial charge in [0.25, 0.3) is 0 Å². The number of amides is 2. The molecule has 2 aromatic rings. The minimum absolute atomic E-state index is 0.165. The largest absolute Gasteiger partial charge is 0.368 e. The van der Waals surface area contributed by atoms with Crippen molar-refractivity contribution in [1.29, 1.82) is 0 Å². The van der Waals surface area contributed by atoms with E-state index in [2.05, 4.69) is 20.4 Å². The van der Waals surface area contributed by atoms with E-state index in [1.54, 1.807) is 17.5 Å². The van der Waals surface area contributed by atoms with Crippen molar-refractivity contribution in [3.63, 3.8) is 0 Å². The number of piperidine rings is 1. The Kier molecular flexibility index (Phi) is 6.03. The third kappa shape index (κ3) is 4.39. The molecule has 1 aromatic carbocycles. The zero-order chi connectivity index (χ0) is 20.4. The van der Waals surface area contributed by atoms with Crippen LogP contribution >= 0.6 is 11.6 Å². The molecule has 2 fully saturated rings. The van der Waals surface area contributed by atoms with Crippen molar-refractivity contribution in [3.8, 4) is 0 Å². The van der Waals surface area contributed by atoms with Gasteiger partial charge in [-0.15, -0.1) is 0 Å². The molecule has 4 N–H and O–H groups in total. The van der Waals surface area contributed by atoms with Crippen molar-refractivity contribution in [3.05, 3.63) is 35.3 Å². The van der Waals surface area contributed by atoms with E-state index in [1.165, 1.54) is 0 Å². The molecule has 0 bridgehead atoms. The van der Waals surface area contributed by atoms with E-state index in [9.17, 15) is 9.59 Å². The van der Waals surface area contributed by atoms with Crippen LogP contribution in [0.1, 0.15) is 18.4 Å². The van der Waals surface area contributed by atoms with E-state index in [0.717, 1.165) is 48.9 Å². The molecule has 3 heterocycles. The molecule has 1 aromatic heterocycles. The molecule has 9 heteroatoms. The van der Waals surface area contributed by atoms with Gasteiger partial charge in [-0.3, -0.25) is 19.6 Å². The fourth-order valence-electron chi connectivity index (χ4n) is 4.33. The minimum Gasteiger partial charge on any atom is -0.368 e. The van der Waals surface area contributed by atoms with Gasteiger partial charge < -0.3 is 16.0 Å². The average molecular weight is 418 g/mol. The van der Waals surface area contributed by atoms with Crippen LogP contribution in [-0.2, 0) is 16.0 Å². The Labute approximate surface area is 174 Å². The molecule has 1 radical (unpaired) electrons. The van der Waals surface area contributed by atoms with Gasteiger partial charge in [-0.25, -0.2) is 0 Å². The Morgan fingerprint density at radius 1 is 1.28 bits per heavy atom. The van der Waals surface area contributed by atoms with Crippen LogP contribution in [-0.4, -0.2) is 76.6 Å². The zero-order valence-electron chi connectivity index (χ0n) is 16.2. The van der Waals surface area contributed by atoms with Gasteiger partial charge in [0.15, 0.2) is 0 Å². The number of carbonyl (C=O) groups excluding carboxylic acids is 2. The number of hydrogen-bond acceptors (Lipinski definition) is 5. The summed E-state index contributed by atoms with van der Waals surface area (Å²) in [7, 11) is 0. The summed E-state index contributed by atoms with van der Waals surface area (Å²) >= 11 is 6.27. The number of rotatable bonds is 5. The maximum atomic E-state index is 12.9. The van der Waals surface area contributed by atoms with Gasteiger partial charge in [-0.2, -0.15) is 5.10 Å². The van der Waals surface area contributed by atoms with E-state index in [4.69, 9.17) is 17.3 Å². The first-order chi connectivity index (χ1) is 14.0. The first-order valence-electron chi connectivity index (χ1n) is 10.0. The second-order valence-electron chi connectivity index (χ2n) is 7.75. The molecule has 2 aliphatic rings. The third-order valence-electron chi connectivity index (χ3n) is 5.92. The van der Waals surface area contributed by atoms with E-state index in [1.807, 2.05) is 12.1 Å². The predicted molar refractivity (Wildman–Crippen MR) is 111 cm³/mol. The van der Waals surface area contributed by atoms with Crippen molar-refractivity contribution >= 4 is 34.3 Å². The van der Waals surface area contributed by atoms with Gasteiger partial charge in [-0.05, 0) is 50.0 Å². The minimum atomic E-state index is -0.595. The van der Waals surface area contributed by atoms with E-state index < -0.39 is 11.9 Å². The number of halogens is 1. The van der Waals surface area contributed by atoms with E-state index in [-0.39, 0.29) is 5.91 Å². The molecule has 0 spiro atoms. The van der Waals surface area contributed by atoms with Crippen LogP contribution in [0, 0.1) is 6.42 Å². The van der Waals surface area contributed by atoms with Gasteiger partial charge >= 0.3 is 0 Å². The molecule has 1 unspecified atom stereocenters. The number of nitrogens with one attached hydrogen (secondary N) is 2. The summed E-state index contributed by atoms with van der Waals surface area (Å²) in [5.41, 5.74) is 7.35. The lowest BCUT2D eigenvalue weighted by Gasteiger charge is -2.44. The van der Waals surface area contributed by atoms with Crippen LogP contribution in [0.25, 0.3) is 10.9 Å². The molecule has 2 amide bonds. The highest BCUT2D eigenvalue weighted by atomic mass is 35.5. The van der Waals surface area contributed by atoms with Gasteiger partial charge in [0.2, 0.25) is 11.8 Å². The normalized spacial score (nSPS) is 21.6. The average Bonchev–Trinajstić information content (AvgIpc) is 3.21. The summed E-state index contributed by atoms with van der Waals surface area (Å²) in [5.74, 6) is -0.615. The summed E-state index contributed by atoms with van der Waals surface area (Å²) in [5, 5.41) is 11.7. The Balaban J connectivity index is 1.39. The summed E-state index contributed by atoms with van der Waals surface area (Å²) < 4.78 is 0. The summed E-state index contributed by atoms with van der Waals surface area (Å²) in [4.78, 5) is 28.9. The summed E-state index contributed by atoms with van der Waals surface area (Å²) in [6, 6.07) is 3.63. The molecule has 1 atom stereocenters. The number of carbonyl (C=O) groups is 2. The van der Waals surface area contributed by atoms with Crippen LogP contribution in [0.3, 0.4) is 0 Å². The van der Waals surface area contributed by atoms with Crippen LogP contribution in [0.4, 0.5) is 0 Å². The number of primary amides is 1. The number of H-pyrrole nitrogens is 1. The standard InChI is InChI=1S/C20H26ClN6O2/c21-16-10-13(9-14-11-24-25-19(14)16)1-2-18(28)27-8-7-26(12-17(27)20(22)29)15-3-5-23-6-4-15/h2,9-11,15,17,23H,1,3-8,12H2,(H2,22,29)(H,24,25). The maximum Gasteiger partial charge on any atom is 0.241 e. The number of aromatic amines is 1. The van der Waals surface area contributed by atoms with E-state index in [0.29, 0.717) is 30.6 Å². The number of piperazine rings is 1. The Bertz CT molecular complexity index is 894. The monoisotopic (exact) mass is 417 g/mol. The highest BCUT2D eigenvalue weighted by molar-refractivity contribution is 6.35. The van der Waals surface area contributed by atoms with Crippen molar-refractivity contribution in [2.45, 2.75) is 31.3 Å². The van der Waals surface area contributed by atoms with Crippen LogP contribution in [0.5, 0.6) is 0 Å². The molecular formula is C20H26ClN6O2. The second kappa shape index (κ2) is 8.69. The lowest BCUT2D eigenvalue weighted by Crippen LogP contribution is -2.62. The quantitative estimate of drug-likeness (QED) is 0.664. The number of aromatic nitrogens is 2. The topological polar surface area (TPSA) is 107 Å². The number of nitrogens with zero attached hydrogens (tertiary/aromatic N) is 3. The molecule has 8 nitrogen and oxygen atoms in total. The Morgan fingerprint density at radius 2 is 2.07 bits per heavy atom. The molecule has 0 aliphatic carbocycles. The molecule has 2 aliphatic heterocycles. The Hall–Kier alpha value is -2.16. The summed E-state index contributed by atoms with van der Waals surface area (Å²) in [6.45, 7) is 3.76. The van der Waals surface area contributed by atoms with Crippen LogP contribution in [0.15, 0.2) is 18.3 Å². The lowest BCUT2D eigenvalue weighted by molar-refractivity contribution is -0.141. The lowest BCUT2D eigenvalue weighted by atomic mass is 10.0. The number of hydrogen-bond donors (Lipinski definition) is 3. The first-order valence-corrected chi connectivity index (χ1v) is 10.4. The van der Waals surface area contributed by atoms with Crippen LogP contribution in [0.2, 0.25) is 5.02 Å². The van der Waals surface area contributed by atoms with Crippen LogP contribution < -0.4 is 11.1 Å². The maximum absolute atomic E-state index is 12.9. The molecule has 0 saturated carbocycles.